The Morgan fingerprint density at radius 1 is 1.03 bits per heavy atom. The zero-order chi connectivity index (χ0) is 22.0. The first-order chi connectivity index (χ1) is 14.9. The molecule has 1 aliphatic rings. The molecule has 1 unspecified atom stereocenters. The van der Waals surface area contributed by atoms with E-state index in [-0.39, 0.29) is 29.9 Å². The van der Waals surface area contributed by atoms with E-state index >= 15 is 0 Å². The van der Waals surface area contributed by atoms with Gasteiger partial charge < -0.3 is 5.32 Å². The topological polar surface area (TPSA) is 83.6 Å². The molecule has 8 heteroatoms. The van der Waals surface area contributed by atoms with Crippen molar-refractivity contribution in [3.8, 4) is 0 Å². The van der Waals surface area contributed by atoms with Crippen molar-refractivity contribution in [3.63, 3.8) is 0 Å². The summed E-state index contributed by atoms with van der Waals surface area (Å²) in [5.74, 6) is -0.786. The van der Waals surface area contributed by atoms with Crippen LogP contribution in [0.3, 0.4) is 0 Å². The number of rotatable bonds is 6. The fourth-order valence-corrected chi connectivity index (χ4v) is 4.87. The number of hydrogen-bond donors (Lipinski definition) is 1. The zero-order valence-corrected chi connectivity index (χ0v) is 18.2. The Kier molecular flexibility index (Phi) is 6.01. The van der Waals surface area contributed by atoms with Crippen LogP contribution in [0.25, 0.3) is 0 Å². The molecular formula is C23H18N2O4S2. The summed E-state index contributed by atoms with van der Waals surface area (Å²) in [6.07, 6.45) is 0.106. The maximum Gasteiger partial charge on any atom is 0.265 e. The van der Waals surface area contributed by atoms with E-state index in [0.717, 1.165) is 4.90 Å². The number of benzene rings is 2. The number of carbonyl (C=O) groups excluding carboxylic acids is 4. The highest BCUT2D eigenvalue weighted by Gasteiger charge is 2.40. The van der Waals surface area contributed by atoms with Crippen molar-refractivity contribution in [2.45, 2.75) is 23.5 Å². The summed E-state index contributed by atoms with van der Waals surface area (Å²) in [6, 6.07) is 17.2. The highest BCUT2D eigenvalue weighted by molar-refractivity contribution is 8.00. The molecule has 1 fully saturated rings. The number of anilines is 2. The van der Waals surface area contributed by atoms with Crippen LogP contribution in [-0.2, 0) is 9.59 Å². The average Bonchev–Trinajstić information content (AvgIpc) is 3.38. The number of thioether (sulfide) groups is 1. The number of Topliss-reactive ketones (excluding diaryl/α,β-unsaturated/α-hetero) is 1. The number of imide groups is 1. The summed E-state index contributed by atoms with van der Waals surface area (Å²) in [7, 11) is 0. The van der Waals surface area contributed by atoms with Crippen molar-refractivity contribution in [2.24, 2.45) is 0 Å². The minimum Gasteiger partial charge on any atom is -0.321 e. The molecule has 3 aromatic rings. The molecule has 6 nitrogen and oxygen atoms in total. The van der Waals surface area contributed by atoms with Crippen molar-refractivity contribution < 1.29 is 19.2 Å². The minimum atomic E-state index is -0.522. The highest BCUT2D eigenvalue weighted by Crippen LogP contribution is 2.34. The van der Waals surface area contributed by atoms with Crippen LogP contribution in [0.1, 0.15) is 33.4 Å². The van der Waals surface area contributed by atoms with Crippen LogP contribution in [0.2, 0.25) is 0 Å². The van der Waals surface area contributed by atoms with Gasteiger partial charge in [0.15, 0.2) is 5.78 Å². The van der Waals surface area contributed by atoms with Crippen molar-refractivity contribution >= 4 is 58.0 Å². The molecule has 2 heterocycles. The predicted octanol–water partition coefficient (Wildman–Crippen LogP) is 4.63. The van der Waals surface area contributed by atoms with Crippen molar-refractivity contribution in [3.05, 3.63) is 76.5 Å². The van der Waals surface area contributed by atoms with Gasteiger partial charge >= 0.3 is 0 Å². The van der Waals surface area contributed by atoms with Crippen LogP contribution in [-0.4, -0.2) is 28.8 Å². The third-order valence-corrected chi connectivity index (χ3v) is 6.84. The first-order valence-electron chi connectivity index (χ1n) is 9.52. The number of carbonyl (C=O) groups is 4. The van der Waals surface area contributed by atoms with Gasteiger partial charge in [0.2, 0.25) is 11.8 Å². The van der Waals surface area contributed by atoms with Crippen molar-refractivity contribution in [1.82, 2.24) is 0 Å². The SMILES string of the molecule is CC(=O)c1ccc(N2C(=O)CC(Sc3ccc(NC(=O)c4cccs4)cc3)C2=O)cc1. The number of ketones is 1. The Morgan fingerprint density at radius 3 is 2.35 bits per heavy atom. The van der Waals surface area contributed by atoms with E-state index in [0.29, 0.717) is 21.8 Å². The van der Waals surface area contributed by atoms with Crippen LogP contribution >= 0.6 is 23.1 Å². The lowest BCUT2D eigenvalue weighted by Gasteiger charge is -2.15. The molecule has 0 radical (unpaired) electrons. The number of hydrogen-bond acceptors (Lipinski definition) is 6. The van der Waals surface area contributed by atoms with Crippen LogP contribution in [0, 0.1) is 0 Å². The summed E-state index contributed by atoms with van der Waals surface area (Å²) < 4.78 is 0. The molecule has 4 rings (SSSR count). The molecule has 2 aromatic carbocycles. The standard InChI is InChI=1S/C23H18N2O4S2/c1-14(26)15-4-8-17(9-5-15)25-21(27)13-20(23(25)29)31-18-10-6-16(7-11-18)24-22(28)19-3-2-12-30-19/h2-12,20H,13H2,1H3,(H,24,28). The van der Waals surface area contributed by atoms with Crippen LogP contribution < -0.4 is 10.2 Å². The Bertz CT molecular complexity index is 1140. The van der Waals surface area contributed by atoms with Gasteiger partial charge in [-0.2, -0.15) is 0 Å². The van der Waals surface area contributed by atoms with E-state index in [1.807, 2.05) is 23.6 Å². The molecule has 1 N–H and O–H groups in total. The third kappa shape index (κ3) is 4.60. The molecule has 0 aliphatic carbocycles. The summed E-state index contributed by atoms with van der Waals surface area (Å²) in [5, 5.41) is 4.15. The van der Waals surface area contributed by atoms with Gasteiger partial charge in [-0.3, -0.25) is 19.2 Å². The van der Waals surface area contributed by atoms with Gasteiger partial charge in [0.1, 0.15) is 0 Å². The van der Waals surface area contributed by atoms with E-state index in [4.69, 9.17) is 0 Å². The molecule has 31 heavy (non-hydrogen) atoms. The lowest BCUT2D eigenvalue weighted by Crippen LogP contribution is -2.31. The zero-order valence-electron chi connectivity index (χ0n) is 16.5. The highest BCUT2D eigenvalue weighted by atomic mass is 32.2. The van der Waals surface area contributed by atoms with E-state index in [1.165, 1.54) is 34.9 Å². The summed E-state index contributed by atoms with van der Waals surface area (Å²) in [4.78, 5) is 51.5. The molecule has 0 spiro atoms. The Balaban J connectivity index is 1.41. The molecule has 0 bridgehead atoms. The molecule has 3 amide bonds. The normalized spacial score (nSPS) is 15.9. The third-order valence-electron chi connectivity index (χ3n) is 4.77. The lowest BCUT2D eigenvalue weighted by atomic mass is 10.1. The summed E-state index contributed by atoms with van der Waals surface area (Å²) >= 11 is 2.69. The van der Waals surface area contributed by atoms with E-state index in [1.54, 1.807) is 42.5 Å². The van der Waals surface area contributed by atoms with Crippen molar-refractivity contribution in [1.29, 1.82) is 0 Å². The van der Waals surface area contributed by atoms with Crippen molar-refractivity contribution in [2.75, 3.05) is 10.2 Å². The summed E-state index contributed by atoms with van der Waals surface area (Å²) in [5.41, 5.74) is 1.65. The second-order valence-corrected chi connectivity index (χ2v) is 9.16. The maximum absolute atomic E-state index is 12.8. The van der Waals surface area contributed by atoms with Gasteiger partial charge in [-0.05, 0) is 66.9 Å². The van der Waals surface area contributed by atoms with E-state index in [9.17, 15) is 19.2 Å². The number of nitrogens with one attached hydrogen (secondary N) is 1. The first-order valence-corrected chi connectivity index (χ1v) is 11.3. The fourth-order valence-electron chi connectivity index (χ4n) is 3.19. The van der Waals surface area contributed by atoms with Gasteiger partial charge in [-0.15, -0.1) is 23.1 Å². The smallest absolute Gasteiger partial charge is 0.265 e. The number of nitrogens with zero attached hydrogens (tertiary/aromatic N) is 1. The fraction of sp³-hybridized carbons (Fsp3) is 0.130. The van der Waals surface area contributed by atoms with Gasteiger partial charge in [0.05, 0.1) is 15.8 Å². The second kappa shape index (κ2) is 8.87. The predicted molar refractivity (Wildman–Crippen MR) is 122 cm³/mol. The van der Waals surface area contributed by atoms with Gasteiger partial charge in [0, 0.05) is 22.6 Å². The molecule has 1 saturated heterocycles. The van der Waals surface area contributed by atoms with Gasteiger partial charge in [-0.1, -0.05) is 6.07 Å². The molecular weight excluding hydrogens is 432 g/mol. The largest absolute Gasteiger partial charge is 0.321 e. The summed E-state index contributed by atoms with van der Waals surface area (Å²) in [6.45, 7) is 1.47. The van der Waals surface area contributed by atoms with Gasteiger partial charge in [-0.25, -0.2) is 4.90 Å². The molecule has 1 aliphatic heterocycles. The first kappa shape index (κ1) is 21.0. The quantitative estimate of drug-likeness (QED) is 0.437. The maximum atomic E-state index is 12.8. The Labute approximate surface area is 187 Å². The number of amides is 3. The Morgan fingerprint density at radius 2 is 1.74 bits per heavy atom. The number of thiophene rings is 1. The van der Waals surface area contributed by atoms with Crippen LogP contribution in [0.4, 0.5) is 11.4 Å². The molecule has 0 saturated carbocycles. The molecule has 156 valence electrons. The molecule has 1 aromatic heterocycles. The minimum absolute atomic E-state index is 0.0749. The monoisotopic (exact) mass is 450 g/mol. The van der Waals surface area contributed by atoms with Gasteiger partial charge in [0.25, 0.3) is 5.91 Å². The van der Waals surface area contributed by atoms with Crippen LogP contribution in [0.15, 0.2) is 70.9 Å². The van der Waals surface area contributed by atoms with E-state index < -0.39 is 5.25 Å². The lowest BCUT2D eigenvalue weighted by molar-refractivity contribution is -0.121. The average molecular weight is 451 g/mol. The second-order valence-electron chi connectivity index (χ2n) is 6.94. The van der Waals surface area contributed by atoms with E-state index in [2.05, 4.69) is 5.32 Å². The Hall–Kier alpha value is -3.23. The molecule has 1 atom stereocenters. The van der Waals surface area contributed by atoms with Crippen LogP contribution in [0.5, 0.6) is 0 Å².